The summed E-state index contributed by atoms with van der Waals surface area (Å²) in [4.78, 5) is 14.3. The normalized spacial score (nSPS) is 15.9. The standard InChI is InChI=1S/C26H33F3N2O3/c1-4-19(5-2)17-25(33)10-12-31(13-11-25)24(32)30-21-14-20(26(27,28)29)15-23(16-21)34-22-8-6-18(3)7-9-22/h6-9,14-16,19,33H,4-5,10-13,17H2,1-3H3,(H,30,32). The lowest BCUT2D eigenvalue weighted by Crippen LogP contribution is -2.48. The SMILES string of the molecule is CCC(CC)CC1(O)CCN(C(=O)Nc2cc(Oc3ccc(C)cc3)cc(C(F)(F)F)c2)CC1. The Balaban J connectivity index is 1.70. The number of rotatable bonds is 7. The van der Waals surface area contributed by atoms with Gasteiger partial charge >= 0.3 is 12.2 Å². The number of anilines is 1. The molecule has 5 nitrogen and oxygen atoms in total. The minimum absolute atomic E-state index is 0.000183. The molecule has 8 heteroatoms. The lowest BCUT2D eigenvalue weighted by atomic mass is 9.81. The van der Waals surface area contributed by atoms with Crippen molar-refractivity contribution in [3.63, 3.8) is 0 Å². The van der Waals surface area contributed by atoms with Gasteiger partial charge in [0.05, 0.1) is 11.2 Å². The number of likely N-dealkylation sites (tertiary alicyclic amines) is 1. The number of piperidine rings is 1. The van der Waals surface area contributed by atoms with Crippen LogP contribution in [0.25, 0.3) is 0 Å². The molecule has 1 saturated heterocycles. The van der Waals surface area contributed by atoms with E-state index in [1.54, 1.807) is 24.3 Å². The Kier molecular flexibility index (Phi) is 8.13. The van der Waals surface area contributed by atoms with Crippen LogP contribution in [-0.2, 0) is 6.18 Å². The fourth-order valence-electron chi connectivity index (χ4n) is 4.28. The van der Waals surface area contributed by atoms with Crippen molar-refractivity contribution >= 4 is 11.7 Å². The molecule has 1 heterocycles. The number of urea groups is 1. The molecule has 0 aliphatic carbocycles. The highest BCUT2D eigenvalue weighted by Gasteiger charge is 2.36. The second-order valence-corrected chi connectivity index (χ2v) is 9.19. The summed E-state index contributed by atoms with van der Waals surface area (Å²) in [6, 6.07) is 9.63. The van der Waals surface area contributed by atoms with Crippen molar-refractivity contribution in [3.8, 4) is 11.5 Å². The lowest BCUT2D eigenvalue weighted by molar-refractivity contribution is -0.137. The van der Waals surface area contributed by atoms with Crippen LogP contribution in [0.1, 0.15) is 57.1 Å². The van der Waals surface area contributed by atoms with Gasteiger partial charge in [-0.3, -0.25) is 0 Å². The number of carbonyl (C=O) groups is 1. The number of halogens is 3. The van der Waals surface area contributed by atoms with Gasteiger partial charge in [-0.2, -0.15) is 13.2 Å². The van der Waals surface area contributed by atoms with E-state index in [0.717, 1.165) is 30.5 Å². The molecule has 2 N–H and O–H groups in total. The largest absolute Gasteiger partial charge is 0.457 e. The minimum atomic E-state index is -4.59. The average Bonchev–Trinajstić information content (AvgIpc) is 2.78. The number of nitrogens with one attached hydrogen (secondary N) is 1. The van der Waals surface area contributed by atoms with Gasteiger partial charge in [-0.25, -0.2) is 4.79 Å². The predicted octanol–water partition coefficient (Wildman–Crippen LogP) is 6.99. The van der Waals surface area contributed by atoms with E-state index < -0.39 is 23.4 Å². The van der Waals surface area contributed by atoms with Gasteiger partial charge in [0.1, 0.15) is 11.5 Å². The molecule has 0 aromatic heterocycles. The molecule has 0 unspecified atom stereocenters. The van der Waals surface area contributed by atoms with E-state index in [4.69, 9.17) is 4.74 Å². The Morgan fingerprint density at radius 1 is 1.09 bits per heavy atom. The highest BCUT2D eigenvalue weighted by molar-refractivity contribution is 5.89. The van der Waals surface area contributed by atoms with Crippen LogP contribution in [0.5, 0.6) is 11.5 Å². The van der Waals surface area contributed by atoms with Crippen molar-refractivity contribution in [2.75, 3.05) is 18.4 Å². The van der Waals surface area contributed by atoms with E-state index >= 15 is 0 Å². The summed E-state index contributed by atoms with van der Waals surface area (Å²) in [6.45, 7) is 6.79. The molecule has 3 rings (SSSR count). The molecule has 2 aromatic rings. The van der Waals surface area contributed by atoms with E-state index in [1.165, 1.54) is 11.0 Å². The van der Waals surface area contributed by atoms with Crippen molar-refractivity contribution in [1.29, 1.82) is 0 Å². The second kappa shape index (κ2) is 10.7. The number of alkyl halides is 3. The van der Waals surface area contributed by atoms with Crippen molar-refractivity contribution in [2.24, 2.45) is 5.92 Å². The number of benzene rings is 2. The monoisotopic (exact) mass is 478 g/mol. The highest BCUT2D eigenvalue weighted by Crippen LogP contribution is 2.36. The number of ether oxygens (including phenoxy) is 1. The maximum Gasteiger partial charge on any atom is 0.416 e. The van der Waals surface area contributed by atoms with Gasteiger partial charge in [-0.05, 0) is 56.4 Å². The van der Waals surface area contributed by atoms with Gasteiger partial charge in [0.15, 0.2) is 0 Å². The first-order valence-corrected chi connectivity index (χ1v) is 11.8. The highest BCUT2D eigenvalue weighted by atomic mass is 19.4. The van der Waals surface area contributed by atoms with Gasteiger partial charge in [-0.1, -0.05) is 44.4 Å². The molecule has 0 atom stereocenters. The number of hydrogen-bond acceptors (Lipinski definition) is 3. The lowest BCUT2D eigenvalue weighted by Gasteiger charge is -2.39. The van der Waals surface area contributed by atoms with Crippen LogP contribution in [0.2, 0.25) is 0 Å². The van der Waals surface area contributed by atoms with E-state index in [1.807, 2.05) is 6.92 Å². The first-order chi connectivity index (χ1) is 16.0. The third kappa shape index (κ3) is 6.88. The summed E-state index contributed by atoms with van der Waals surface area (Å²) in [5.41, 5.74) is -0.721. The fraction of sp³-hybridized carbons (Fsp3) is 0.500. The van der Waals surface area contributed by atoms with Crippen LogP contribution >= 0.6 is 0 Å². The summed E-state index contributed by atoms with van der Waals surface area (Å²) < 4.78 is 46.0. The Hall–Kier alpha value is -2.74. The fourth-order valence-corrected chi connectivity index (χ4v) is 4.28. The zero-order chi connectivity index (χ0) is 24.9. The molecule has 34 heavy (non-hydrogen) atoms. The number of hydrogen-bond donors (Lipinski definition) is 2. The molecule has 1 aliphatic rings. The van der Waals surface area contributed by atoms with Crippen molar-refractivity contribution in [1.82, 2.24) is 4.90 Å². The number of carbonyl (C=O) groups excluding carboxylic acids is 1. The van der Waals surface area contributed by atoms with Gasteiger partial charge in [0, 0.05) is 24.8 Å². The molecular weight excluding hydrogens is 445 g/mol. The van der Waals surface area contributed by atoms with Gasteiger partial charge in [0.2, 0.25) is 0 Å². The molecule has 2 amide bonds. The van der Waals surface area contributed by atoms with Crippen LogP contribution in [0, 0.1) is 12.8 Å². The molecule has 1 aliphatic heterocycles. The quantitative estimate of drug-likeness (QED) is 0.451. The first-order valence-electron chi connectivity index (χ1n) is 11.8. The van der Waals surface area contributed by atoms with E-state index in [9.17, 15) is 23.1 Å². The Morgan fingerprint density at radius 3 is 2.26 bits per heavy atom. The van der Waals surface area contributed by atoms with E-state index in [2.05, 4.69) is 19.2 Å². The number of amides is 2. The van der Waals surface area contributed by atoms with Crippen LogP contribution in [0.3, 0.4) is 0 Å². The van der Waals surface area contributed by atoms with Crippen molar-refractivity contribution in [3.05, 3.63) is 53.6 Å². The minimum Gasteiger partial charge on any atom is -0.457 e. The maximum absolute atomic E-state index is 13.5. The van der Waals surface area contributed by atoms with Gasteiger partial charge in [0.25, 0.3) is 0 Å². The third-order valence-corrected chi connectivity index (χ3v) is 6.55. The first kappa shape index (κ1) is 25.9. The molecule has 0 radical (unpaired) electrons. The third-order valence-electron chi connectivity index (χ3n) is 6.55. The zero-order valence-electron chi connectivity index (χ0n) is 19.9. The van der Waals surface area contributed by atoms with Gasteiger partial charge in [-0.15, -0.1) is 0 Å². The van der Waals surface area contributed by atoms with Crippen molar-refractivity contribution < 1.29 is 27.8 Å². The summed E-state index contributed by atoms with van der Waals surface area (Å²) in [6.07, 6.45) is -1.02. The summed E-state index contributed by atoms with van der Waals surface area (Å²) in [5.74, 6) is 0.810. The second-order valence-electron chi connectivity index (χ2n) is 9.19. The predicted molar refractivity (Wildman–Crippen MR) is 126 cm³/mol. The number of aryl methyl sites for hydroxylation is 1. The maximum atomic E-state index is 13.5. The molecule has 0 bridgehead atoms. The summed E-state index contributed by atoms with van der Waals surface area (Å²) in [7, 11) is 0. The molecule has 1 fully saturated rings. The number of aliphatic hydroxyl groups is 1. The van der Waals surface area contributed by atoms with E-state index in [0.29, 0.717) is 44.0 Å². The molecule has 0 saturated carbocycles. The van der Waals surface area contributed by atoms with Crippen LogP contribution < -0.4 is 10.1 Å². The molecule has 186 valence electrons. The Labute approximate surface area is 198 Å². The zero-order valence-corrected chi connectivity index (χ0v) is 19.9. The Bertz CT molecular complexity index is 964. The smallest absolute Gasteiger partial charge is 0.416 e. The number of nitrogens with zero attached hydrogens (tertiary/aromatic N) is 1. The summed E-state index contributed by atoms with van der Waals surface area (Å²) >= 11 is 0. The molecule has 0 spiro atoms. The molecule has 2 aromatic carbocycles. The summed E-state index contributed by atoms with van der Waals surface area (Å²) in [5, 5.41) is 13.5. The van der Waals surface area contributed by atoms with Crippen molar-refractivity contribution in [2.45, 2.75) is 64.7 Å². The van der Waals surface area contributed by atoms with Crippen LogP contribution in [0.4, 0.5) is 23.7 Å². The Morgan fingerprint density at radius 2 is 1.71 bits per heavy atom. The van der Waals surface area contributed by atoms with Crippen LogP contribution in [-0.4, -0.2) is 34.7 Å². The topological polar surface area (TPSA) is 61.8 Å². The van der Waals surface area contributed by atoms with E-state index in [-0.39, 0.29) is 11.4 Å². The van der Waals surface area contributed by atoms with Crippen LogP contribution in [0.15, 0.2) is 42.5 Å². The van der Waals surface area contributed by atoms with Gasteiger partial charge < -0.3 is 20.1 Å². The average molecular weight is 479 g/mol. The molecular formula is C26H33F3N2O3.